The van der Waals surface area contributed by atoms with E-state index in [0.717, 1.165) is 24.3 Å². The molecule has 0 unspecified atom stereocenters. The normalized spacial score (nSPS) is 21.3. The van der Waals surface area contributed by atoms with Gasteiger partial charge in [-0.15, -0.1) is 0 Å². The van der Waals surface area contributed by atoms with E-state index in [2.05, 4.69) is 28.7 Å². The molecule has 3 heteroatoms. The highest BCUT2D eigenvalue weighted by Crippen LogP contribution is 2.31. The van der Waals surface area contributed by atoms with Gasteiger partial charge in [-0.3, -0.25) is 0 Å². The monoisotopic (exact) mass is 275 g/mol. The first kappa shape index (κ1) is 8.31. The standard InChI is InChI=1S/C9H10INO/c10-6-1-2-9-7(5-6)8(11)3-4-12-9/h1-2,5,8H,3-4,11H2/t8-/m1/s1. The smallest absolute Gasteiger partial charge is 0.124 e. The molecule has 2 nitrogen and oxygen atoms in total. The summed E-state index contributed by atoms with van der Waals surface area (Å²) in [7, 11) is 0. The van der Waals surface area contributed by atoms with Gasteiger partial charge in [-0.1, -0.05) is 0 Å². The van der Waals surface area contributed by atoms with Crippen LogP contribution < -0.4 is 10.5 Å². The molecule has 0 bridgehead atoms. The minimum absolute atomic E-state index is 0.156. The molecule has 1 aliphatic heterocycles. The molecule has 0 fully saturated rings. The minimum Gasteiger partial charge on any atom is -0.493 e. The number of rotatable bonds is 0. The Bertz CT molecular complexity index is 301. The summed E-state index contributed by atoms with van der Waals surface area (Å²) in [4.78, 5) is 0. The Labute approximate surface area is 85.2 Å². The van der Waals surface area contributed by atoms with Crippen LogP contribution in [-0.4, -0.2) is 6.61 Å². The molecule has 0 saturated heterocycles. The lowest BCUT2D eigenvalue weighted by Crippen LogP contribution is -2.20. The Morgan fingerprint density at radius 3 is 3.17 bits per heavy atom. The quantitative estimate of drug-likeness (QED) is 0.736. The maximum atomic E-state index is 5.93. The Morgan fingerprint density at radius 2 is 2.33 bits per heavy atom. The van der Waals surface area contributed by atoms with Crippen molar-refractivity contribution < 1.29 is 4.74 Å². The van der Waals surface area contributed by atoms with Gasteiger partial charge in [-0.2, -0.15) is 0 Å². The molecule has 2 rings (SSSR count). The number of benzene rings is 1. The first-order valence-electron chi connectivity index (χ1n) is 3.95. The second-order valence-corrected chi connectivity index (χ2v) is 4.17. The lowest BCUT2D eigenvalue weighted by molar-refractivity contribution is 0.269. The van der Waals surface area contributed by atoms with Gasteiger partial charge in [0.25, 0.3) is 0 Å². The number of nitrogens with two attached hydrogens (primary N) is 1. The van der Waals surface area contributed by atoms with Crippen molar-refractivity contribution in [1.29, 1.82) is 0 Å². The third kappa shape index (κ3) is 1.43. The predicted octanol–water partition coefficient (Wildman–Crippen LogP) is 2.07. The van der Waals surface area contributed by atoms with Crippen molar-refractivity contribution in [2.45, 2.75) is 12.5 Å². The highest BCUT2D eigenvalue weighted by molar-refractivity contribution is 14.1. The second-order valence-electron chi connectivity index (χ2n) is 2.93. The Hall–Kier alpha value is -0.290. The van der Waals surface area contributed by atoms with Crippen LogP contribution >= 0.6 is 22.6 Å². The number of halogens is 1. The fraction of sp³-hybridized carbons (Fsp3) is 0.333. The van der Waals surface area contributed by atoms with E-state index in [0.29, 0.717) is 0 Å². The van der Waals surface area contributed by atoms with Gasteiger partial charge in [0.1, 0.15) is 5.75 Å². The van der Waals surface area contributed by atoms with Crippen LogP contribution in [0.15, 0.2) is 18.2 Å². The molecule has 0 spiro atoms. The van der Waals surface area contributed by atoms with Crippen molar-refractivity contribution in [2.24, 2.45) is 5.73 Å². The number of fused-ring (bicyclic) bond motifs is 1. The van der Waals surface area contributed by atoms with Crippen molar-refractivity contribution in [3.63, 3.8) is 0 Å². The van der Waals surface area contributed by atoms with Crippen molar-refractivity contribution in [3.8, 4) is 5.75 Å². The fourth-order valence-electron chi connectivity index (χ4n) is 1.39. The van der Waals surface area contributed by atoms with Crippen molar-refractivity contribution in [1.82, 2.24) is 0 Å². The van der Waals surface area contributed by atoms with Crippen molar-refractivity contribution >= 4 is 22.6 Å². The average molecular weight is 275 g/mol. The zero-order valence-corrected chi connectivity index (χ0v) is 8.74. The van der Waals surface area contributed by atoms with Gasteiger partial charge < -0.3 is 10.5 Å². The SMILES string of the molecule is N[C@@H]1CCOc2ccc(I)cc21. The first-order valence-corrected chi connectivity index (χ1v) is 5.03. The molecular formula is C9H10INO. The maximum Gasteiger partial charge on any atom is 0.124 e. The fourth-order valence-corrected chi connectivity index (χ4v) is 1.91. The van der Waals surface area contributed by atoms with Crippen LogP contribution in [0.3, 0.4) is 0 Å². The van der Waals surface area contributed by atoms with E-state index in [-0.39, 0.29) is 6.04 Å². The van der Waals surface area contributed by atoms with Gasteiger partial charge in [-0.05, 0) is 40.8 Å². The largest absolute Gasteiger partial charge is 0.493 e. The minimum atomic E-state index is 0.156. The van der Waals surface area contributed by atoms with Gasteiger partial charge in [0.15, 0.2) is 0 Å². The number of hydrogen-bond acceptors (Lipinski definition) is 2. The van der Waals surface area contributed by atoms with Crippen LogP contribution in [0.25, 0.3) is 0 Å². The summed E-state index contributed by atoms with van der Waals surface area (Å²) in [6.07, 6.45) is 0.924. The van der Waals surface area contributed by atoms with Gasteiger partial charge >= 0.3 is 0 Å². The third-order valence-electron chi connectivity index (χ3n) is 2.06. The first-order chi connectivity index (χ1) is 5.77. The van der Waals surface area contributed by atoms with Gasteiger partial charge in [0, 0.05) is 21.6 Å². The molecule has 12 heavy (non-hydrogen) atoms. The summed E-state index contributed by atoms with van der Waals surface area (Å²) in [6, 6.07) is 6.29. The van der Waals surface area contributed by atoms with E-state index in [1.165, 1.54) is 3.57 Å². The van der Waals surface area contributed by atoms with E-state index in [4.69, 9.17) is 10.5 Å². The zero-order valence-electron chi connectivity index (χ0n) is 6.59. The summed E-state index contributed by atoms with van der Waals surface area (Å²) < 4.78 is 6.68. The Balaban J connectivity index is 2.47. The van der Waals surface area contributed by atoms with Crippen LogP contribution in [0, 0.1) is 3.57 Å². The molecule has 1 atom stereocenters. The number of hydrogen-bond donors (Lipinski definition) is 1. The van der Waals surface area contributed by atoms with Gasteiger partial charge in [0.05, 0.1) is 6.61 Å². The molecular weight excluding hydrogens is 265 g/mol. The Morgan fingerprint density at radius 1 is 1.50 bits per heavy atom. The average Bonchev–Trinajstić information content (AvgIpc) is 2.07. The van der Waals surface area contributed by atoms with Crippen LogP contribution in [0.5, 0.6) is 5.75 Å². The van der Waals surface area contributed by atoms with Crippen LogP contribution in [0.2, 0.25) is 0 Å². The number of ether oxygens (including phenoxy) is 1. The molecule has 0 radical (unpaired) electrons. The lowest BCUT2D eigenvalue weighted by atomic mass is 10.0. The second kappa shape index (κ2) is 3.22. The molecule has 0 amide bonds. The van der Waals surface area contributed by atoms with Crippen LogP contribution in [-0.2, 0) is 0 Å². The summed E-state index contributed by atoms with van der Waals surface area (Å²) in [5, 5.41) is 0. The van der Waals surface area contributed by atoms with Crippen LogP contribution in [0.1, 0.15) is 18.0 Å². The molecule has 2 N–H and O–H groups in total. The molecule has 1 aromatic carbocycles. The highest BCUT2D eigenvalue weighted by Gasteiger charge is 2.17. The topological polar surface area (TPSA) is 35.2 Å². The van der Waals surface area contributed by atoms with E-state index >= 15 is 0 Å². The molecule has 64 valence electrons. The van der Waals surface area contributed by atoms with Crippen molar-refractivity contribution in [2.75, 3.05) is 6.61 Å². The summed E-state index contributed by atoms with van der Waals surface area (Å²) in [6.45, 7) is 0.745. The van der Waals surface area contributed by atoms with Crippen LogP contribution in [0.4, 0.5) is 0 Å². The zero-order chi connectivity index (χ0) is 8.55. The lowest BCUT2D eigenvalue weighted by Gasteiger charge is -2.22. The molecule has 1 heterocycles. The molecule has 0 aromatic heterocycles. The predicted molar refractivity (Wildman–Crippen MR) is 56.2 cm³/mol. The van der Waals surface area contributed by atoms with E-state index < -0.39 is 0 Å². The van der Waals surface area contributed by atoms with E-state index in [9.17, 15) is 0 Å². The molecule has 0 saturated carbocycles. The van der Waals surface area contributed by atoms with E-state index in [1.54, 1.807) is 0 Å². The maximum absolute atomic E-state index is 5.93. The van der Waals surface area contributed by atoms with E-state index in [1.807, 2.05) is 12.1 Å². The molecule has 1 aromatic rings. The summed E-state index contributed by atoms with van der Waals surface area (Å²) in [5.41, 5.74) is 7.08. The summed E-state index contributed by atoms with van der Waals surface area (Å²) >= 11 is 2.28. The van der Waals surface area contributed by atoms with Gasteiger partial charge in [0.2, 0.25) is 0 Å². The molecule has 1 aliphatic rings. The van der Waals surface area contributed by atoms with Crippen molar-refractivity contribution in [3.05, 3.63) is 27.3 Å². The third-order valence-corrected chi connectivity index (χ3v) is 2.73. The highest BCUT2D eigenvalue weighted by atomic mass is 127. The summed E-state index contributed by atoms with van der Waals surface area (Å²) in [5.74, 6) is 0.953. The van der Waals surface area contributed by atoms with Gasteiger partial charge in [-0.25, -0.2) is 0 Å². The molecule has 0 aliphatic carbocycles. The Kier molecular flexibility index (Phi) is 2.23.